The molecule has 2 rings (SSSR count). The first-order valence-corrected chi connectivity index (χ1v) is 9.19. The Morgan fingerprint density at radius 3 is 2.65 bits per heavy atom. The molecule has 26 heavy (non-hydrogen) atoms. The summed E-state index contributed by atoms with van der Waals surface area (Å²) >= 11 is 0. The van der Waals surface area contributed by atoms with Crippen LogP contribution < -0.4 is 10.6 Å². The number of rotatable bonds is 11. The number of guanidine groups is 1. The van der Waals surface area contributed by atoms with E-state index in [0.717, 1.165) is 56.4 Å². The number of fused-ring (bicyclic) bond motifs is 1. The minimum atomic E-state index is 0.641. The van der Waals surface area contributed by atoms with E-state index in [4.69, 9.17) is 9.47 Å². The molecule has 0 amide bonds. The topological polar surface area (TPSA) is 72.7 Å². The normalized spacial score (nSPS) is 11.9. The van der Waals surface area contributed by atoms with Gasteiger partial charge < -0.3 is 24.7 Å². The number of nitrogens with one attached hydrogen (secondary N) is 2. The van der Waals surface area contributed by atoms with E-state index in [-0.39, 0.29) is 0 Å². The first-order valence-electron chi connectivity index (χ1n) is 9.19. The number of hydrogen-bond donors (Lipinski definition) is 2. The lowest BCUT2D eigenvalue weighted by molar-refractivity contribution is 0.0698. The van der Waals surface area contributed by atoms with E-state index in [1.807, 2.05) is 6.07 Å². The second kappa shape index (κ2) is 11.5. The molecule has 144 valence electrons. The van der Waals surface area contributed by atoms with Crippen LogP contribution in [0.25, 0.3) is 11.0 Å². The van der Waals surface area contributed by atoms with Crippen LogP contribution in [0.4, 0.5) is 0 Å². The lowest BCUT2D eigenvalue weighted by atomic mass is 10.3. The van der Waals surface area contributed by atoms with Crippen molar-refractivity contribution in [2.75, 3.05) is 47.1 Å². The van der Waals surface area contributed by atoms with Crippen molar-refractivity contribution in [3.63, 3.8) is 0 Å². The van der Waals surface area contributed by atoms with Crippen LogP contribution in [0.3, 0.4) is 0 Å². The summed E-state index contributed by atoms with van der Waals surface area (Å²) < 4.78 is 12.7. The molecule has 0 saturated carbocycles. The smallest absolute Gasteiger partial charge is 0.190 e. The molecule has 0 bridgehead atoms. The van der Waals surface area contributed by atoms with E-state index >= 15 is 0 Å². The van der Waals surface area contributed by atoms with Crippen molar-refractivity contribution in [3.8, 4) is 0 Å². The highest BCUT2D eigenvalue weighted by Gasteiger charge is 2.06. The molecular weight excluding hydrogens is 330 g/mol. The average Bonchev–Trinajstić information content (AvgIpc) is 2.98. The summed E-state index contributed by atoms with van der Waals surface area (Å²) in [7, 11) is 3.47. The van der Waals surface area contributed by atoms with E-state index in [2.05, 4.69) is 50.3 Å². The monoisotopic (exact) mass is 361 g/mol. The van der Waals surface area contributed by atoms with Crippen molar-refractivity contribution in [2.24, 2.45) is 4.99 Å². The number of benzene rings is 1. The molecule has 7 nitrogen and oxygen atoms in total. The minimum Gasteiger partial charge on any atom is -0.382 e. The number of imidazole rings is 1. The summed E-state index contributed by atoms with van der Waals surface area (Å²) in [6.07, 6.45) is 1.94. The number of methoxy groups -OCH3 is 1. The van der Waals surface area contributed by atoms with E-state index < -0.39 is 0 Å². The second-order valence-corrected chi connectivity index (χ2v) is 6.04. The Bertz CT molecular complexity index is 684. The Morgan fingerprint density at radius 2 is 1.88 bits per heavy atom. The van der Waals surface area contributed by atoms with Crippen molar-refractivity contribution in [3.05, 3.63) is 30.1 Å². The largest absolute Gasteiger partial charge is 0.382 e. The number of hydrogen-bond acceptors (Lipinski definition) is 4. The fraction of sp³-hybridized carbons (Fsp3) is 0.579. The van der Waals surface area contributed by atoms with Crippen molar-refractivity contribution >= 4 is 17.0 Å². The highest BCUT2D eigenvalue weighted by Crippen LogP contribution is 2.15. The number of aromatic nitrogens is 2. The Kier molecular flexibility index (Phi) is 8.92. The molecule has 2 N–H and O–H groups in total. The Balaban J connectivity index is 1.64. The molecule has 0 aliphatic rings. The van der Waals surface area contributed by atoms with Crippen LogP contribution in [0.2, 0.25) is 0 Å². The van der Waals surface area contributed by atoms with E-state index in [1.165, 1.54) is 5.52 Å². The SMILES string of the molecule is CN=C(NCCCOCCOC)NCCCn1c(C)nc2ccccc21. The molecule has 0 spiro atoms. The molecule has 1 aromatic heterocycles. The molecule has 0 aliphatic heterocycles. The van der Waals surface area contributed by atoms with Crippen molar-refractivity contribution in [2.45, 2.75) is 26.3 Å². The number of aliphatic imine (C=N–C) groups is 1. The molecule has 0 saturated heterocycles. The predicted octanol–water partition coefficient (Wildman–Crippen LogP) is 1.95. The standard InChI is InChI=1S/C19H31N5O2/c1-16-23-17-8-4-5-9-18(17)24(16)12-6-10-21-19(20-2)22-11-7-13-26-15-14-25-3/h4-5,8-9H,6-7,10-15H2,1-3H3,(H2,20,21,22). The van der Waals surface area contributed by atoms with Crippen LogP contribution in [0.5, 0.6) is 0 Å². The predicted molar refractivity (Wildman–Crippen MR) is 106 cm³/mol. The molecule has 2 aromatic rings. The van der Waals surface area contributed by atoms with Gasteiger partial charge in [0.15, 0.2) is 5.96 Å². The van der Waals surface area contributed by atoms with Crippen LogP contribution in [0.1, 0.15) is 18.7 Å². The third-order valence-electron chi connectivity index (χ3n) is 4.11. The summed E-state index contributed by atoms with van der Waals surface area (Å²) in [5.74, 6) is 1.89. The maximum atomic E-state index is 5.44. The Morgan fingerprint density at radius 1 is 1.12 bits per heavy atom. The maximum absolute atomic E-state index is 5.44. The number of aryl methyl sites for hydroxylation is 2. The van der Waals surface area contributed by atoms with Gasteiger partial charge in [-0.2, -0.15) is 0 Å². The van der Waals surface area contributed by atoms with Gasteiger partial charge in [-0.05, 0) is 31.9 Å². The lowest BCUT2D eigenvalue weighted by Gasteiger charge is -2.12. The highest BCUT2D eigenvalue weighted by molar-refractivity contribution is 5.79. The molecule has 7 heteroatoms. The fourth-order valence-electron chi connectivity index (χ4n) is 2.77. The van der Waals surface area contributed by atoms with Gasteiger partial charge in [-0.3, -0.25) is 4.99 Å². The van der Waals surface area contributed by atoms with Crippen LogP contribution in [0.15, 0.2) is 29.3 Å². The molecule has 0 radical (unpaired) electrons. The van der Waals surface area contributed by atoms with Crippen LogP contribution in [-0.4, -0.2) is 62.6 Å². The van der Waals surface area contributed by atoms with Gasteiger partial charge in [0, 0.05) is 40.4 Å². The third-order valence-corrected chi connectivity index (χ3v) is 4.11. The molecular formula is C19H31N5O2. The first kappa shape index (κ1) is 20.2. The van der Waals surface area contributed by atoms with Crippen molar-refractivity contribution in [1.29, 1.82) is 0 Å². The van der Waals surface area contributed by atoms with Crippen molar-refractivity contribution < 1.29 is 9.47 Å². The maximum Gasteiger partial charge on any atom is 0.190 e. The average molecular weight is 361 g/mol. The first-order chi connectivity index (χ1) is 12.8. The van der Waals surface area contributed by atoms with E-state index in [9.17, 15) is 0 Å². The quantitative estimate of drug-likeness (QED) is 0.364. The molecule has 0 aliphatic carbocycles. The van der Waals surface area contributed by atoms with E-state index in [0.29, 0.717) is 13.2 Å². The summed E-state index contributed by atoms with van der Waals surface area (Å²) in [6, 6.07) is 8.27. The molecule has 0 fully saturated rings. The zero-order chi connectivity index (χ0) is 18.6. The Labute approximate surface area is 155 Å². The second-order valence-electron chi connectivity index (χ2n) is 6.04. The van der Waals surface area contributed by atoms with Gasteiger partial charge in [0.05, 0.1) is 24.2 Å². The summed E-state index contributed by atoms with van der Waals surface area (Å²) in [6.45, 7) is 6.69. The van der Waals surface area contributed by atoms with Gasteiger partial charge >= 0.3 is 0 Å². The molecule has 1 heterocycles. The number of ether oxygens (including phenoxy) is 2. The van der Waals surface area contributed by atoms with E-state index in [1.54, 1.807) is 14.2 Å². The van der Waals surface area contributed by atoms with Crippen LogP contribution in [-0.2, 0) is 16.0 Å². The summed E-state index contributed by atoms with van der Waals surface area (Å²) in [5.41, 5.74) is 2.25. The summed E-state index contributed by atoms with van der Waals surface area (Å²) in [5, 5.41) is 6.66. The number of nitrogens with zero attached hydrogens (tertiary/aromatic N) is 3. The van der Waals surface area contributed by atoms with Gasteiger partial charge in [0.2, 0.25) is 0 Å². The third kappa shape index (κ3) is 6.31. The van der Waals surface area contributed by atoms with Crippen molar-refractivity contribution in [1.82, 2.24) is 20.2 Å². The van der Waals surface area contributed by atoms with Gasteiger partial charge in [0.25, 0.3) is 0 Å². The van der Waals surface area contributed by atoms with Gasteiger partial charge in [-0.1, -0.05) is 12.1 Å². The fourth-order valence-corrected chi connectivity index (χ4v) is 2.77. The summed E-state index contributed by atoms with van der Waals surface area (Å²) in [4.78, 5) is 8.86. The zero-order valence-corrected chi connectivity index (χ0v) is 16.1. The highest BCUT2D eigenvalue weighted by atomic mass is 16.5. The molecule has 0 atom stereocenters. The van der Waals surface area contributed by atoms with Gasteiger partial charge in [-0.15, -0.1) is 0 Å². The zero-order valence-electron chi connectivity index (χ0n) is 16.1. The number of para-hydroxylation sites is 2. The minimum absolute atomic E-state index is 0.641. The molecule has 0 unspecified atom stereocenters. The van der Waals surface area contributed by atoms with Gasteiger partial charge in [0.1, 0.15) is 5.82 Å². The molecule has 1 aromatic carbocycles. The van der Waals surface area contributed by atoms with Crippen LogP contribution >= 0.6 is 0 Å². The van der Waals surface area contributed by atoms with Gasteiger partial charge in [-0.25, -0.2) is 4.98 Å². The Hall–Kier alpha value is -2.12. The van der Waals surface area contributed by atoms with Crippen LogP contribution in [0, 0.1) is 6.92 Å². The lowest BCUT2D eigenvalue weighted by Crippen LogP contribution is -2.38.